The molecule has 0 unspecified atom stereocenters. The molecule has 0 heterocycles. The predicted molar refractivity (Wildman–Crippen MR) is 57.3 cm³/mol. The Bertz CT molecular complexity index is 152. The van der Waals surface area contributed by atoms with Crippen molar-refractivity contribution in [3.8, 4) is 0 Å². The molecule has 0 atom stereocenters. The quantitative estimate of drug-likeness (QED) is 0.619. The van der Waals surface area contributed by atoms with E-state index in [0.29, 0.717) is 0 Å². The van der Waals surface area contributed by atoms with E-state index in [9.17, 15) is 0 Å². The lowest BCUT2D eigenvalue weighted by atomic mass is 9.83. The maximum atomic E-state index is 5.82. The zero-order valence-corrected chi connectivity index (χ0v) is 9.10. The summed E-state index contributed by atoms with van der Waals surface area (Å²) in [5, 5.41) is 0. The van der Waals surface area contributed by atoms with Gasteiger partial charge in [0.2, 0.25) is 0 Å². The number of hydrogen-bond donors (Lipinski definition) is 0. The first-order valence-corrected chi connectivity index (χ1v) is 6.23. The molecule has 0 aliphatic heterocycles. The first-order chi connectivity index (χ1) is 6.40. The molecule has 1 nitrogen and oxygen atoms in total. The van der Waals surface area contributed by atoms with E-state index in [0.717, 1.165) is 24.4 Å². The summed E-state index contributed by atoms with van der Waals surface area (Å²) in [6, 6.07) is 0.888. The molecule has 2 heteroatoms. The SMILES string of the molecule is ClCCN(CC1CCC1)C1CCC1. The molecule has 0 saturated heterocycles. The molecule has 0 amide bonds. The molecular weight excluding hydrogens is 182 g/mol. The molecule has 0 aromatic heterocycles. The van der Waals surface area contributed by atoms with Crippen LogP contribution in [0.5, 0.6) is 0 Å². The third-order valence-electron chi connectivity index (χ3n) is 3.68. The maximum Gasteiger partial charge on any atom is 0.0351 e. The molecule has 2 rings (SSSR count). The van der Waals surface area contributed by atoms with E-state index in [1.54, 1.807) is 0 Å². The molecule has 2 aliphatic rings. The Morgan fingerprint density at radius 3 is 2.15 bits per heavy atom. The lowest BCUT2D eigenvalue weighted by Gasteiger charge is -2.41. The topological polar surface area (TPSA) is 3.24 Å². The summed E-state index contributed by atoms with van der Waals surface area (Å²) in [6.07, 6.45) is 8.67. The fourth-order valence-corrected chi connectivity index (χ4v) is 2.51. The Labute approximate surface area is 86.4 Å². The highest BCUT2D eigenvalue weighted by Gasteiger charge is 2.28. The van der Waals surface area contributed by atoms with Crippen molar-refractivity contribution < 1.29 is 0 Å². The Kier molecular flexibility index (Phi) is 3.51. The highest BCUT2D eigenvalue weighted by molar-refractivity contribution is 6.18. The monoisotopic (exact) mass is 201 g/mol. The van der Waals surface area contributed by atoms with E-state index in [1.165, 1.54) is 45.1 Å². The number of rotatable bonds is 5. The van der Waals surface area contributed by atoms with Crippen LogP contribution in [0.2, 0.25) is 0 Å². The van der Waals surface area contributed by atoms with Gasteiger partial charge < -0.3 is 0 Å². The zero-order chi connectivity index (χ0) is 9.10. The average molecular weight is 202 g/mol. The second-order valence-electron chi connectivity index (χ2n) is 4.57. The van der Waals surface area contributed by atoms with Gasteiger partial charge in [0, 0.05) is 25.0 Å². The van der Waals surface area contributed by atoms with Crippen LogP contribution < -0.4 is 0 Å². The van der Waals surface area contributed by atoms with Crippen molar-refractivity contribution in [2.45, 2.75) is 44.6 Å². The van der Waals surface area contributed by atoms with Gasteiger partial charge in [-0.25, -0.2) is 0 Å². The van der Waals surface area contributed by atoms with Gasteiger partial charge in [-0.3, -0.25) is 4.90 Å². The summed E-state index contributed by atoms with van der Waals surface area (Å²) >= 11 is 5.82. The van der Waals surface area contributed by atoms with Crippen molar-refractivity contribution in [3.63, 3.8) is 0 Å². The number of alkyl halides is 1. The van der Waals surface area contributed by atoms with Gasteiger partial charge in [-0.1, -0.05) is 12.8 Å². The van der Waals surface area contributed by atoms with Crippen LogP contribution in [0.1, 0.15) is 38.5 Å². The summed E-state index contributed by atoms with van der Waals surface area (Å²) in [7, 11) is 0. The minimum atomic E-state index is 0.809. The Hall–Kier alpha value is 0.250. The van der Waals surface area contributed by atoms with Crippen LogP contribution in [-0.2, 0) is 0 Å². The normalized spacial score (nSPS) is 24.5. The van der Waals surface area contributed by atoms with Crippen LogP contribution in [-0.4, -0.2) is 29.9 Å². The summed E-state index contributed by atoms with van der Waals surface area (Å²) < 4.78 is 0. The predicted octanol–water partition coefficient (Wildman–Crippen LogP) is 2.88. The van der Waals surface area contributed by atoms with Crippen molar-refractivity contribution in [1.29, 1.82) is 0 Å². The van der Waals surface area contributed by atoms with Crippen LogP contribution in [0.4, 0.5) is 0 Å². The van der Waals surface area contributed by atoms with Crippen molar-refractivity contribution >= 4 is 11.6 Å². The molecule has 0 N–H and O–H groups in total. The van der Waals surface area contributed by atoms with Gasteiger partial charge in [-0.2, -0.15) is 0 Å². The van der Waals surface area contributed by atoms with E-state index in [4.69, 9.17) is 11.6 Å². The van der Waals surface area contributed by atoms with Crippen molar-refractivity contribution in [2.24, 2.45) is 5.92 Å². The second kappa shape index (κ2) is 4.65. The lowest BCUT2D eigenvalue weighted by molar-refractivity contribution is 0.0931. The average Bonchev–Trinajstić information content (AvgIpc) is 1.93. The Balaban J connectivity index is 1.73. The lowest BCUT2D eigenvalue weighted by Crippen LogP contribution is -2.44. The largest absolute Gasteiger partial charge is 0.299 e. The second-order valence-corrected chi connectivity index (χ2v) is 4.94. The van der Waals surface area contributed by atoms with Crippen molar-refractivity contribution in [2.75, 3.05) is 19.0 Å². The summed E-state index contributed by atoms with van der Waals surface area (Å²) in [5.74, 6) is 1.81. The van der Waals surface area contributed by atoms with E-state index in [1.807, 2.05) is 0 Å². The molecule has 2 fully saturated rings. The number of hydrogen-bond acceptors (Lipinski definition) is 1. The molecule has 13 heavy (non-hydrogen) atoms. The standard InChI is InChI=1S/C11H20ClN/c12-7-8-13(11-5-2-6-11)9-10-3-1-4-10/h10-11H,1-9H2. The molecule has 2 saturated carbocycles. The van der Waals surface area contributed by atoms with E-state index in [2.05, 4.69) is 4.90 Å². The van der Waals surface area contributed by atoms with Crippen LogP contribution in [0.15, 0.2) is 0 Å². The van der Waals surface area contributed by atoms with Gasteiger partial charge in [-0.05, 0) is 31.6 Å². The third-order valence-corrected chi connectivity index (χ3v) is 3.85. The molecule has 0 aromatic carbocycles. The summed E-state index contributed by atoms with van der Waals surface area (Å²) in [4.78, 5) is 2.64. The summed E-state index contributed by atoms with van der Waals surface area (Å²) in [5.41, 5.74) is 0. The van der Waals surface area contributed by atoms with Gasteiger partial charge in [0.05, 0.1) is 0 Å². The minimum Gasteiger partial charge on any atom is -0.299 e. The molecule has 76 valence electrons. The van der Waals surface area contributed by atoms with Crippen molar-refractivity contribution in [1.82, 2.24) is 4.90 Å². The van der Waals surface area contributed by atoms with E-state index >= 15 is 0 Å². The highest BCUT2D eigenvalue weighted by atomic mass is 35.5. The first kappa shape index (κ1) is 9.79. The van der Waals surface area contributed by atoms with Gasteiger partial charge >= 0.3 is 0 Å². The molecule has 0 spiro atoms. The molecule has 0 bridgehead atoms. The fraction of sp³-hybridized carbons (Fsp3) is 1.00. The van der Waals surface area contributed by atoms with Gasteiger partial charge in [-0.15, -0.1) is 11.6 Å². The Morgan fingerprint density at radius 2 is 1.77 bits per heavy atom. The van der Waals surface area contributed by atoms with Crippen LogP contribution in [0.3, 0.4) is 0 Å². The maximum absolute atomic E-state index is 5.82. The van der Waals surface area contributed by atoms with Crippen LogP contribution in [0.25, 0.3) is 0 Å². The van der Waals surface area contributed by atoms with Gasteiger partial charge in [0.15, 0.2) is 0 Å². The molecule has 2 aliphatic carbocycles. The minimum absolute atomic E-state index is 0.809. The van der Waals surface area contributed by atoms with Crippen LogP contribution >= 0.6 is 11.6 Å². The van der Waals surface area contributed by atoms with E-state index < -0.39 is 0 Å². The van der Waals surface area contributed by atoms with Gasteiger partial charge in [0.25, 0.3) is 0 Å². The Morgan fingerprint density at radius 1 is 1.08 bits per heavy atom. The summed E-state index contributed by atoms with van der Waals surface area (Å²) in [6.45, 7) is 2.44. The molecular formula is C11H20ClN. The third kappa shape index (κ3) is 2.38. The fourth-order valence-electron chi connectivity index (χ4n) is 2.29. The van der Waals surface area contributed by atoms with Crippen molar-refractivity contribution in [3.05, 3.63) is 0 Å². The van der Waals surface area contributed by atoms with E-state index in [-0.39, 0.29) is 0 Å². The highest BCUT2D eigenvalue weighted by Crippen LogP contribution is 2.31. The van der Waals surface area contributed by atoms with Gasteiger partial charge in [0.1, 0.15) is 0 Å². The van der Waals surface area contributed by atoms with Crippen LogP contribution in [0, 0.1) is 5.92 Å². The smallest absolute Gasteiger partial charge is 0.0351 e. The number of halogens is 1. The zero-order valence-electron chi connectivity index (χ0n) is 8.34. The number of nitrogens with zero attached hydrogens (tertiary/aromatic N) is 1. The molecule has 0 aromatic rings. The first-order valence-electron chi connectivity index (χ1n) is 5.70. The molecule has 0 radical (unpaired) electrons.